The molecule has 0 bridgehead atoms. The zero-order valence-electron chi connectivity index (χ0n) is 26.6. The number of esters is 1. The van der Waals surface area contributed by atoms with Gasteiger partial charge in [0.1, 0.15) is 0 Å². The van der Waals surface area contributed by atoms with E-state index in [-0.39, 0.29) is 57.6 Å². The van der Waals surface area contributed by atoms with E-state index in [1.54, 1.807) is 13.8 Å². The van der Waals surface area contributed by atoms with Crippen LogP contribution in [0.4, 0.5) is 0 Å². The second-order valence-electron chi connectivity index (χ2n) is 17.7. The Labute approximate surface area is 247 Å². The van der Waals surface area contributed by atoms with Crippen LogP contribution in [0, 0.1) is 56.7 Å². The molecule has 0 radical (unpaired) electrons. The summed E-state index contributed by atoms with van der Waals surface area (Å²) >= 11 is 0. The van der Waals surface area contributed by atoms with E-state index in [9.17, 15) is 20.1 Å². The van der Waals surface area contributed by atoms with Crippen LogP contribution in [0.25, 0.3) is 0 Å². The lowest BCUT2D eigenvalue weighted by Crippen LogP contribution is -2.59. The van der Waals surface area contributed by atoms with Gasteiger partial charge in [-0.25, -0.2) is 0 Å². The summed E-state index contributed by atoms with van der Waals surface area (Å²) in [7, 11) is 0. The van der Waals surface area contributed by atoms with Crippen LogP contribution < -0.4 is 0 Å². The maximum Gasteiger partial charge on any atom is 0.309 e. The molecule has 232 valence electrons. The standard InChI is InChI=1S/C35H56O6/c1-19-17-21(28(31(4,5)39)41-29(38)20-9-8-10-20)40-26-25(19)32(6)15-16-35-18-34(35)14-13-24(36)30(2,3)22(34)11-12-23(35)33(32,7)27(26)37/h19-28,36-37,39H,8-18H2,1-7H3/t19-,21?,22+,23?,24?,25+,26?,27+,28?,32?,33-,34?,35?/m1/s1. The third-order valence-electron chi connectivity index (χ3n) is 15.5. The van der Waals surface area contributed by atoms with Crippen molar-refractivity contribution in [3.05, 3.63) is 0 Å². The average molecular weight is 573 g/mol. The Morgan fingerprint density at radius 3 is 2.24 bits per heavy atom. The highest BCUT2D eigenvalue weighted by molar-refractivity contribution is 5.73. The summed E-state index contributed by atoms with van der Waals surface area (Å²) in [4.78, 5) is 12.9. The van der Waals surface area contributed by atoms with Crippen LogP contribution in [0.2, 0.25) is 0 Å². The third-order valence-corrected chi connectivity index (χ3v) is 15.5. The molecule has 7 fully saturated rings. The Balaban J connectivity index is 1.19. The molecule has 1 aliphatic heterocycles. The summed E-state index contributed by atoms with van der Waals surface area (Å²) in [5, 5.41) is 34.6. The van der Waals surface area contributed by atoms with Gasteiger partial charge in [0.05, 0.1) is 35.9 Å². The molecule has 2 spiro atoms. The van der Waals surface area contributed by atoms with Crippen molar-refractivity contribution < 1.29 is 29.6 Å². The molecule has 6 saturated carbocycles. The van der Waals surface area contributed by atoms with Crippen LogP contribution in [-0.4, -0.2) is 57.4 Å². The summed E-state index contributed by atoms with van der Waals surface area (Å²) in [5.41, 5.74) is -0.998. The Kier molecular flexibility index (Phi) is 6.18. The Hall–Kier alpha value is -0.690. The molecular formula is C35H56O6. The Bertz CT molecular complexity index is 1090. The molecule has 1 heterocycles. The van der Waals surface area contributed by atoms with Crippen LogP contribution in [0.15, 0.2) is 0 Å². The number of carbonyl (C=O) groups is 1. The first-order valence-electron chi connectivity index (χ1n) is 17.0. The van der Waals surface area contributed by atoms with Crippen molar-refractivity contribution in [3.8, 4) is 0 Å². The smallest absolute Gasteiger partial charge is 0.309 e. The second kappa shape index (κ2) is 8.73. The third kappa shape index (κ3) is 3.48. The van der Waals surface area contributed by atoms with E-state index in [4.69, 9.17) is 9.47 Å². The number of carbonyl (C=O) groups excluding carboxylic acids is 1. The first-order chi connectivity index (χ1) is 19.0. The predicted octanol–water partition coefficient (Wildman–Crippen LogP) is 5.64. The van der Waals surface area contributed by atoms with Gasteiger partial charge in [-0.15, -0.1) is 0 Å². The summed E-state index contributed by atoms with van der Waals surface area (Å²) in [5.74, 6) is 1.26. The monoisotopic (exact) mass is 572 g/mol. The van der Waals surface area contributed by atoms with E-state index in [2.05, 4.69) is 34.6 Å². The first kappa shape index (κ1) is 29.0. The highest BCUT2D eigenvalue weighted by Crippen LogP contribution is 2.89. The lowest BCUT2D eigenvalue weighted by atomic mass is 9.41. The van der Waals surface area contributed by atoms with Crippen molar-refractivity contribution in [2.45, 2.75) is 155 Å². The largest absolute Gasteiger partial charge is 0.456 e. The normalized spacial score (nSPS) is 54.4. The van der Waals surface area contributed by atoms with Crippen LogP contribution >= 0.6 is 0 Å². The fourth-order valence-corrected chi connectivity index (χ4v) is 13.1. The van der Waals surface area contributed by atoms with Gasteiger partial charge in [0, 0.05) is 5.41 Å². The maximum atomic E-state index is 12.9. The fraction of sp³-hybridized carbons (Fsp3) is 0.971. The fourth-order valence-electron chi connectivity index (χ4n) is 13.1. The van der Waals surface area contributed by atoms with Crippen molar-refractivity contribution in [2.24, 2.45) is 56.7 Å². The van der Waals surface area contributed by atoms with Crippen LogP contribution in [0.1, 0.15) is 119 Å². The van der Waals surface area contributed by atoms with Gasteiger partial charge in [0.2, 0.25) is 0 Å². The van der Waals surface area contributed by atoms with Gasteiger partial charge in [-0.05, 0) is 123 Å². The van der Waals surface area contributed by atoms with Gasteiger partial charge in [-0.1, -0.05) is 41.0 Å². The van der Waals surface area contributed by atoms with E-state index in [1.807, 2.05) is 0 Å². The molecule has 7 aliphatic rings. The van der Waals surface area contributed by atoms with Gasteiger partial charge in [-0.3, -0.25) is 4.79 Å². The molecule has 3 N–H and O–H groups in total. The molecular weight excluding hydrogens is 516 g/mol. The molecule has 6 heteroatoms. The van der Waals surface area contributed by atoms with E-state index < -0.39 is 23.9 Å². The first-order valence-corrected chi connectivity index (χ1v) is 17.0. The molecule has 8 unspecified atom stereocenters. The number of ether oxygens (including phenoxy) is 2. The minimum atomic E-state index is -1.23. The maximum absolute atomic E-state index is 12.9. The molecule has 1 saturated heterocycles. The van der Waals surface area contributed by atoms with Crippen molar-refractivity contribution in [3.63, 3.8) is 0 Å². The SMILES string of the molecule is C[C@@H]1CC(C(OC(=O)C2CCC2)C(C)(C)O)OC2[C@H]1C1(C)CCC34CC35CCC(O)C(C)(C)[C@@H]5CCC4[C@]1(C)[C@H]2O. The van der Waals surface area contributed by atoms with Crippen molar-refractivity contribution >= 4 is 5.97 Å². The van der Waals surface area contributed by atoms with Crippen molar-refractivity contribution in [1.29, 1.82) is 0 Å². The molecule has 0 aromatic rings. The van der Waals surface area contributed by atoms with Crippen molar-refractivity contribution in [2.75, 3.05) is 0 Å². The highest BCUT2D eigenvalue weighted by Gasteiger charge is 2.84. The van der Waals surface area contributed by atoms with E-state index in [0.29, 0.717) is 17.3 Å². The highest BCUT2D eigenvalue weighted by atomic mass is 16.6. The van der Waals surface area contributed by atoms with Gasteiger partial charge in [0.15, 0.2) is 6.10 Å². The summed E-state index contributed by atoms with van der Waals surface area (Å²) in [6.45, 7) is 15.2. The zero-order chi connectivity index (χ0) is 29.5. The topological polar surface area (TPSA) is 96.2 Å². The number of hydrogen-bond acceptors (Lipinski definition) is 6. The van der Waals surface area contributed by atoms with Crippen LogP contribution in [-0.2, 0) is 14.3 Å². The number of aliphatic hydroxyl groups excluding tert-OH is 2. The lowest BCUT2D eigenvalue weighted by Gasteiger charge is -2.63. The average Bonchev–Trinajstić information content (AvgIpc) is 3.48. The van der Waals surface area contributed by atoms with Gasteiger partial charge in [0.25, 0.3) is 0 Å². The Morgan fingerprint density at radius 2 is 1.61 bits per heavy atom. The molecule has 41 heavy (non-hydrogen) atoms. The molecule has 7 rings (SSSR count). The Morgan fingerprint density at radius 1 is 0.951 bits per heavy atom. The van der Waals surface area contributed by atoms with E-state index >= 15 is 0 Å². The van der Waals surface area contributed by atoms with Gasteiger partial charge in [-0.2, -0.15) is 0 Å². The summed E-state index contributed by atoms with van der Waals surface area (Å²) in [6.07, 6.45) is 9.07. The van der Waals surface area contributed by atoms with Crippen molar-refractivity contribution in [1.82, 2.24) is 0 Å². The minimum Gasteiger partial charge on any atom is -0.456 e. The molecule has 0 aromatic carbocycles. The molecule has 13 atom stereocenters. The van der Waals surface area contributed by atoms with E-state index in [0.717, 1.165) is 57.8 Å². The second-order valence-corrected chi connectivity index (χ2v) is 17.7. The van der Waals surface area contributed by atoms with Gasteiger partial charge >= 0.3 is 5.97 Å². The quantitative estimate of drug-likeness (QED) is 0.377. The minimum absolute atomic E-state index is 0.0372. The number of aliphatic hydroxyl groups is 3. The summed E-state index contributed by atoms with van der Waals surface area (Å²) < 4.78 is 12.9. The molecule has 0 aromatic heterocycles. The van der Waals surface area contributed by atoms with Crippen LogP contribution in [0.5, 0.6) is 0 Å². The summed E-state index contributed by atoms with van der Waals surface area (Å²) in [6, 6.07) is 0. The molecule has 6 nitrogen and oxygen atoms in total. The number of rotatable bonds is 4. The number of fused-ring (bicyclic) bond motifs is 4. The van der Waals surface area contributed by atoms with Crippen LogP contribution in [0.3, 0.4) is 0 Å². The molecule has 0 amide bonds. The zero-order valence-corrected chi connectivity index (χ0v) is 26.6. The van der Waals surface area contributed by atoms with E-state index in [1.165, 1.54) is 12.8 Å². The predicted molar refractivity (Wildman–Crippen MR) is 156 cm³/mol. The molecule has 6 aliphatic carbocycles. The lowest BCUT2D eigenvalue weighted by molar-refractivity contribution is -0.220. The van der Waals surface area contributed by atoms with Gasteiger partial charge < -0.3 is 24.8 Å². The number of hydrogen-bond donors (Lipinski definition) is 3.